The Morgan fingerprint density at radius 3 is 2.22 bits per heavy atom. The molecule has 0 saturated heterocycles. The van der Waals surface area contributed by atoms with E-state index in [1.807, 2.05) is 36.9 Å². The maximum Gasteiger partial charge on any atom is 0.0526 e. The van der Waals surface area contributed by atoms with Gasteiger partial charge in [-0.05, 0) is 40.4 Å². The van der Waals surface area contributed by atoms with Crippen molar-refractivity contribution in [2.75, 3.05) is 0 Å². The van der Waals surface area contributed by atoms with E-state index in [4.69, 9.17) is 0 Å². The van der Waals surface area contributed by atoms with Crippen LogP contribution < -0.4 is 0 Å². The summed E-state index contributed by atoms with van der Waals surface area (Å²) in [5.74, 6) is 0. The minimum absolute atomic E-state index is 1.24. The van der Waals surface area contributed by atoms with Crippen molar-refractivity contribution in [3.63, 3.8) is 0 Å². The second kappa shape index (κ2) is 5.25. The predicted molar refractivity (Wildman–Crippen MR) is 79.2 cm³/mol. The van der Waals surface area contributed by atoms with Crippen LogP contribution in [0.5, 0.6) is 0 Å². The van der Waals surface area contributed by atoms with Gasteiger partial charge in [0.2, 0.25) is 0 Å². The molecule has 0 spiro atoms. The monoisotopic (exact) mass is 270 g/mol. The average Bonchev–Trinajstić information content (AvgIpc) is 3.08. The first-order valence-electron chi connectivity index (χ1n) is 5.48. The molecule has 0 aliphatic carbocycles. The molecule has 0 N–H and O–H groups in total. The van der Waals surface area contributed by atoms with Crippen molar-refractivity contribution in [1.82, 2.24) is 9.97 Å². The van der Waals surface area contributed by atoms with Gasteiger partial charge in [0.15, 0.2) is 0 Å². The molecular formula is C14H10N2S2. The summed E-state index contributed by atoms with van der Waals surface area (Å²) < 4.78 is 2.57. The molecule has 2 nitrogen and oxygen atoms in total. The van der Waals surface area contributed by atoms with Crippen LogP contribution in [0.15, 0.2) is 59.8 Å². The molecule has 0 bridgehead atoms. The quantitative estimate of drug-likeness (QED) is 0.467. The highest BCUT2D eigenvalue weighted by Gasteiger charge is 1.89. The normalized spacial score (nSPS) is 10.2. The number of hydrogen-bond acceptors (Lipinski definition) is 4. The van der Waals surface area contributed by atoms with Gasteiger partial charge < -0.3 is 0 Å². The zero-order valence-electron chi connectivity index (χ0n) is 9.48. The highest BCUT2D eigenvalue weighted by atomic mass is 32.1. The molecule has 4 rings (SSSR count). The second-order valence-electron chi connectivity index (χ2n) is 3.67. The molecule has 4 aromatic heterocycles. The number of fused-ring (bicyclic) bond motifs is 2. The van der Waals surface area contributed by atoms with E-state index >= 15 is 0 Å². The molecule has 0 amide bonds. The van der Waals surface area contributed by atoms with Crippen molar-refractivity contribution >= 4 is 42.8 Å². The first-order chi connectivity index (χ1) is 8.93. The average molecular weight is 270 g/mol. The lowest BCUT2D eigenvalue weighted by Crippen LogP contribution is -1.64. The third kappa shape index (κ3) is 2.39. The van der Waals surface area contributed by atoms with Crippen molar-refractivity contribution in [2.45, 2.75) is 0 Å². The van der Waals surface area contributed by atoms with Crippen LogP contribution >= 0.6 is 22.7 Å². The third-order valence-corrected chi connectivity index (χ3v) is 4.28. The van der Waals surface area contributed by atoms with E-state index < -0.39 is 0 Å². The molecule has 4 heteroatoms. The van der Waals surface area contributed by atoms with Crippen LogP contribution in [0, 0.1) is 0 Å². The fourth-order valence-corrected chi connectivity index (χ4v) is 3.13. The fraction of sp³-hybridized carbons (Fsp3) is 0. The molecule has 0 fully saturated rings. The zero-order chi connectivity index (χ0) is 12.2. The van der Waals surface area contributed by atoms with E-state index in [9.17, 15) is 0 Å². The number of aromatic nitrogens is 2. The van der Waals surface area contributed by atoms with Gasteiger partial charge in [0, 0.05) is 34.9 Å². The van der Waals surface area contributed by atoms with E-state index in [2.05, 4.69) is 32.9 Å². The Labute approximate surface area is 113 Å². The molecule has 0 atom stereocenters. The van der Waals surface area contributed by atoms with Crippen LogP contribution in [0.1, 0.15) is 0 Å². The van der Waals surface area contributed by atoms with E-state index in [0.717, 1.165) is 0 Å². The van der Waals surface area contributed by atoms with Gasteiger partial charge in [-0.15, -0.1) is 22.7 Å². The van der Waals surface area contributed by atoms with Gasteiger partial charge in [-0.25, -0.2) is 0 Å². The van der Waals surface area contributed by atoms with Gasteiger partial charge in [-0.2, -0.15) is 0 Å². The van der Waals surface area contributed by atoms with Crippen LogP contribution in [0.25, 0.3) is 20.2 Å². The van der Waals surface area contributed by atoms with E-state index in [-0.39, 0.29) is 0 Å². The van der Waals surface area contributed by atoms with Gasteiger partial charge >= 0.3 is 0 Å². The maximum atomic E-state index is 4.00. The van der Waals surface area contributed by atoms with Crippen LogP contribution in [-0.2, 0) is 0 Å². The molecule has 88 valence electrons. The standard InChI is InChI=1S/2C7H5NS/c1-3-8-5-6-2-4-9-7(1)6;1-3-8-5-7-6(1)2-4-9-7/h2*1-5H. The van der Waals surface area contributed by atoms with Gasteiger partial charge in [-0.1, -0.05) is 0 Å². The lowest BCUT2D eigenvalue weighted by atomic mass is 10.3. The van der Waals surface area contributed by atoms with E-state index in [1.54, 1.807) is 22.7 Å². The lowest BCUT2D eigenvalue weighted by Gasteiger charge is -1.81. The van der Waals surface area contributed by atoms with E-state index in [0.29, 0.717) is 0 Å². The van der Waals surface area contributed by atoms with Crippen molar-refractivity contribution in [3.05, 3.63) is 59.8 Å². The number of rotatable bonds is 0. The topological polar surface area (TPSA) is 25.8 Å². The molecule has 0 aromatic carbocycles. The third-order valence-electron chi connectivity index (χ3n) is 2.51. The molecule has 4 aromatic rings. The number of pyridine rings is 2. The minimum atomic E-state index is 1.24. The first-order valence-corrected chi connectivity index (χ1v) is 7.24. The Morgan fingerprint density at radius 2 is 1.39 bits per heavy atom. The largest absolute Gasteiger partial charge is 0.264 e. The van der Waals surface area contributed by atoms with Gasteiger partial charge in [0.25, 0.3) is 0 Å². The number of thiophene rings is 2. The maximum absolute atomic E-state index is 4.00. The molecular weight excluding hydrogens is 260 g/mol. The lowest BCUT2D eigenvalue weighted by molar-refractivity contribution is 1.37. The van der Waals surface area contributed by atoms with Crippen molar-refractivity contribution in [1.29, 1.82) is 0 Å². The zero-order valence-corrected chi connectivity index (χ0v) is 11.1. The van der Waals surface area contributed by atoms with Gasteiger partial charge in [0.1, 0.15) is 0 Å². The molecule has 0 saturated carbocycles. The highest BCUT2D eigenvalue weighted by molar-refractivity contribution is 7.17. The van der Waals surface area contributed by atoms with Crippen LogP contribution in [0.3, 0.4) is 0 Å². The Kier molecular flexibility index (Phi) is 3.30. The molecule has 4 heterocycles. The number of hydrogen-bond donors (Lipinski definition) is 0. The van der Waals surface area contributed by atoms with E-state index in [1.165, 1.54) is 20.2 Å². The Morgan fingerprint density at radius 1 is 0.667 bits per heavy atom. The van der Waals surface area contributed by atoms with Crippen LogP contribution in [-0.4, -0.2) is 9.97 Å². The van der Waals surface area contributed by atoms with Crippen LogP contribution in [0.2, 0.25) is 0 Å². The van der Waals surface area contributed by atoms with Crippen LogP contribution in [0.4, 0.5) is 0 Å². The molecule has 0 radical (unpaired) electrons. The first kappa shape index (κ1) is 11.3. The van der Waals surface area contributed by atoms with Crippen molar-refractivity contribution in [2.24, 2.45) is 0 Å². The Hall–Kier alpha value is -1.78. The summed E-state index contributed by atoms with van der Waals surface area (Å²) in [6, 6.07) is 8.22. The van der Waals surface area contributed by atoms with Crippen molar-refractivity contribution < 1.29 is 0 Å². The Balaban J connectivity index is 0.000000111. The number of nitrogens with zero attached hydrogens (tertiary/aromatic N) is 2. The van der Waals surface area contributed by atoms with Gasteiger partial charge in [0.05, 0.1) is 4.70 Å². The molecule has 18 heavy (non-hydrogen) atoms. The summed E-state index contributed by atoms with van der Waals surface area (Å²) in [4.78, 5) is 7.99. The summed E-state index contributed by atoms with van der Waals surface area (Å²) in [5, 5.41) is 6.68. The minimum Gasteiger partial charge on any atom is -0.264 e. The smallest absolute Gasteiger partial charge is 0.0526 e. The molecule has 0 aliphatic heterocycles. The molecule has 0 aliphatic rings. The highest BCUT2D eigenvalue weighted by Crippen LogP contribution is 2.18. The summed E-state index contributed by atoms with van der Waals surface area (Å²) in [5.41, 5.74) is 0. The SMILES string of the molecule is c1cc2ccsc2cn1.c1cc2sccc2cn1. The summed E-state index contributed by atoms with van der Waals surface area (Å²) in [6.45, 7) is 0. The molecule has 0 unspecified atom stereocenters. The predicted octanol–water partition coefficient (Wildman–Crippen LogP) is 4.59. The van der Waals surface area contributed by atoms with Crippen molar-refractivity contribution in [3.8, 4) is 0 Å². The Bertz CT molecular complexity index is 632. The summed E-state index contributed by atoms with van der Waals surface area (Å²) in [6.07, 6.45) is 7.40. The second-order valence-corrected chi connectivity index (χ2v) is 5.56. The van der Waals surface area contributed by atoms with Gasteiger partial charge in [-0.3, -0.25) is 9.97 Å². The fourth-order valence-electron chi connectivity index (χ4n) is 1.61. The summed E-state index contributed by atoms with van der Waals surface area (Å²) >= 11 is 3.47. The summed E-state index contributed by atoms with van der Waals surface area (Å²) in [7, 11) is 0.